The molecule has 0 bridgehead atoms. The van der Waals surface area contributed by atoms with E-state index in [9.17, 15) is 19.8 Å². The van der Waals surface area contributed by atoms with Crippen LogP contribution in [0.15, 0.2) is 12.7 Å². The monoisotopic (exact) mass is 401 g/mol. The minimum absolute atomic E-state index is 0.147. The van der Waals surface area contributed by atoms with Gasteiger partial charge in [0.25, 0.3) is 0 Å². The molecule has 0 aromatic rings. The van der Waals surface area contributed by atoms with Gasteiger partial charge in [0.1, 0.15) is 6.10 Å². The summed E-state index contributed by atoms with van der Waals surface area (Å²) in [6.45, 7) is 8.56. The highest BCUT2D eigenvalue weighted by molar-refractivity contribution is 5.86. The summed E-state index contributed by atoms with van der Waals surface area (Å²) in [6, 6.07) is 0. The number of aliphatic hydroxyl groups excluding tert-OH is 2. The Bertz CT molecular complexity index is 497. The molecular formula is C20H35NO7. The van der Waals surface area contributed by atoms with Crippen molar-refractivity contribution in [3.05, 3.63) is 12.7 Å². The lowest BCUT2D eigenvalue weighted by atomic mass is 9.97. The van der Waals surface area contributed by atoms with Crippen LogP contribution in [0.3, 0.4) is 0 Å². The average molecular weight is 402 g/mol. The third kappa shape index (κ3) is 10.2. The van der Waals surface area contributed by atoms with Crippen molar-refractivity contribution in [3.63, 3.8) is 0 Å². The molecule has 1 rings (SSSR count). The second-order valence-corrected chi connectivity index (χ2v) is 7.36. The molecule has 0 spiro atoms. The minimum atomic E-state index is -0.676. The summed E-state index contributed by atoms with van der Waals surface area (Å²) in [7, 11) is 0. The van der Waals surface area contributed by atoms with E-state index in [4.69, 9.17) is 14.2 Å². The van der Waals surface area contributed by atoms with Gasteiger partial charge in [0.2, 0.25) is 5.91 Å². The molecule has 1 amide bonds. The molecule has 28 heavy (non-hydrogen) atoms. The van der Waals surface area contributed by atoms with E-state index in [0.717, 1.165) is 6.42 Å². The summed E-state index contributed by atoms with van der Waals surface area (Å²) >= 11 is 0. The summed E-state index contributed by atoms with van der Waals surface area (Å²) in [5.41, 5.74) is 0. The molecule has 8 nitrogen and oxygen atoms in total. The molecule has 162 valence electrons. The fourth-order valence-corrected chi connectivity index (χ4v) is 3.38. The SMILES string of the molecule is C=CC(=O)NCC1OC(CC(CC(O)CCC)OC(C)=O)CC(C[C@H](C)O)O1. The van der Waals surface area contributed by atoms with Gasteiger partial charge in [0.05, 0.1) is 31.0 Å². The Kier molecular flexibility index (Phi) is 11.3. The van der Waals surface area contributed by atoms with E-state index in [0.29, 0.717) is 32.1 Å². The molecule has 3 N–H and O–H groups in total. The quantitative estimate of drug-likeness (QED) is 0.335. The highest BCUT2D eigenvalue weighted by Crippen LogP contribution is 2.27. The molecule has 8 heteroatoms. The molecule has 0 saturated carbocycles. The van der Waals surface area contributed by atoms with Gasteiger partial charge < -0.3 is 29.7 Å². The van der Waals surface area contributed by atoms with Crippen molar-refractivity contribution in [2.45, 2.75) is 96.1 Å². The van der Waals surface area contributed by atoms with Crippen molar-refractivity contribution in [2.24, 2.45) is 0 Å². The summed E-state index contributed by atoms with van der Waals surface area (Å²) < 4.78 is 17.1. The normalized spacial score (nSPS) is 25.4. The highest BCUT2D eigenvalue weighted by atomic mass is 16.7. The lowest BCUT2D eigenvalue weighted by molar-refractivity contribution is -0.248. The summed E-state index contributed by atoms with van der Waals surface area (Å²) in [5.74, 6) is -0.738. The number of ether oxygens (including phenoxy) is 3. The van der Waals surface area contributed by atoms with E-state index < -0.39 is 30.6 Å². The first kappa shape index (κ1) is 24.6. The van der Waals surface area contributed by atoms with E-state index in [-0.39, 0.29) is 24.7 Å². The van der Waals surface area contributed by atoms with Crippen LogP contribution in [-0.4, -0.2) is 65.4 Å². The van der Waals surface area contributed by atoms with E-state index >= 15 is 0 Å². The van der Waals surface area contributed by atoms with Gasteiger partial charge in [-0.05, 0) is 25.8 Å². The molecule has 5 unspecified atom stereocenters. The number of hydrogen-bond acceptors (Lipinski definition) is 7. The number of aliphatic hydroxyl groups is 2. The first-order chi connectivity index (χ1) is 13.2. The lowest BCUT2D eigenvalue weighted by Gasteiger charge is -2.37. The molecule has 1 heterocycles. The second-order valence-electron chi connectivity index (χ2n) is 7.36. The van der Waals surface area contributed by atoms with Crippen LogP contribution >= 0.6 is 0 Å². The fraction of sp³-hybridized carbons (Fsp3) is 0.800. The highest BCUT2D eigenvalue weighted by Gasteiger charge is 2.33. The van der Waals surface area contributed by atoms with Crippen LogP contribution in [0.1, 0.15) is 59.3 Å². The second kappa shape index (κ2) is 12.9. The molecule has 1 fully saturated rings. The van der Waals surface area contributed by atoms with Gasteiger partial charge in [-0.1, -0.05) is 19.9 Å². The lowest BCUT2D eigenvalue weighted by Crippen LogP contribution is -2.46. The van der Waals surface area contributed by atoms with Crippen LogP contribution in [0.2, 0.25) is 0 Å². The standard InChI is InChI=1S/C20H35NO7/c1-5-7-15(24)9-17(26-14(4)23)11-18-10-16(8-13(3)22)27-20(28-18)12-21-19(25)6-2/h6,13,15-18,20,22,24H,2,5,7-12H2,1,3-4H3,(H,21,25)/t13-,15?,16?,17?,18?,20?/m0/s1. The summed E-state index contributed by atoms with van der Waals surface area (Å²) in [5, 5.41) is 22.5. The Hall–Kier alpha value is -1.48. The smallest absolute Gasteiger partial charge is 0.302 e. The topological polar surface area (TPSA) is 114 Å². The zero-order valence-corrected chi connectivity index (χ0v) is 17.1. The zero-order valence-electron chi connectivity index (χ0n) is 17.1. The molecular weight excluding hydrogens is 366 g/mol. The van der Waals surface area contributed by atoms with Crippen molar-refractivity contribution >= 4 is 11.9 Å². The maximum absolute atomic E-state index is 11.5. The van der Waals surface area contributed by atoms with Gasteiger partial charge in [0, 0.05) is 26.2 Å². The number of carbonyl (C=O) groups excluding carboxylic acids is 2. The van der Waals surface area contributed by atoms with Crippen LogP contribution in [0.4, 0.5) is 0 Å². The average Bonchev–Trinajstić information content (AvgIpc) is 2.58. The maximum Gasteiger partial charge on any atom is 0.302 e. The molecule has 6 atom stereocenters. The molecule has 0 aliphatic carbocycles. The first-order valence-electron chi connectivity index (χ1n) is 9.97. The van der Waals surface area contributed by atoms with Crippen LogP contribution in [0.25, 0.3) is 0 Å². The maximum atomic E-state index is 11.5. The number of nitrogens with one attached hydrogen (secondary N) is 1. The molecule has 1 saturated heterocycles. The number of amides is 1. The van der Waals surface area contributed by atoms with Gasteiger partial charge in [-0.25, -0.2) is 0 Å². The first-order valence-corrected chi connectivity index (χ1v) is 9.97. The minimum Gasteiger partial charge on any atom is -0.462 e. The van der Waals surface area contributed by atoms with E-state index in [1.54, 1.807) is 6.92 Å². The molecule has 1 aliphatic heterocycles. The van der Waals surface area contributed by atoms with Crippen LogP contribution in [0, 0.1) is 0 Å². The van der Waals surface area contributed by atoms with Gasteiger partial charge in [-0.2, -0.15) is 0 Å². The third-order valence-electron chi connectivity index (χ3n) is 4.46. The Balaban J connectivity index is 2.75. The van der Waals surface area contributed by atoms with Crippen molar-refractivity contribution < 1.29 is 34.0 Å². The predicted molar refractivity (Wildman–Crippen MR) is 103 cm³/mol. The predicted octanol–water partition coefficient (Wildman–Crippen LogP) is 1.43. The van der Waals surface area contributed by atoms with Gasteiger partial charge >= 0.3 is 5.97 Å². The molecule has 0 aromatic heterocycles. The Morgan fingerprint density at radius 1 is 1.29 bits per heavy atom. The summed E-state index contributed by atoms with van der Waals surface area (Å²) in [6.07, 6.45) is 1.57. The Labute approximate surface area is 167 Å². The van der Waals surface area contributed by atoms with Crippen molar-refractivity contribution in [2.75, 3.05) is 6.54 Å². The van der Waals surface area contributed by atoms with Gasteiger partial charge in [-0.15, -0.1) is 0 Å². The number of rotatable bonds is 12. The fourth-order valence-electron chi connectivity index (χ4n) is 3.38. The van der Waals surface area contributed by atoms with Crippen LogP contribution in [0.5, 0.6) is 0 Å². The van der Waals surface area contributed by atoms with Crippen LogP contribution in [-0.2, 0) is 23.8 Å². The molecule has 0 aromatic carbocycles. The van der Waals surface area contributed by atoms with Crippen LogP contribution < -0.4 is 5.32 Å². The van der Waals surface area contributed by atoms with Crippen molar-refractivity contribution in [3.8, 4) is 0 Å². The Morgan fingerprint density at radius 2 is 1.93 bits per heavy atom. The Morgan fingerprint density at radius 3 is 2.46 bits per heavy atom. The molecule has 1 aliphatic rings. The van der Waals surface area contributed by atoms with E-state index in [2.05, 4.69) is 11.9 Å². The van der Waals surface area contributed by atoms with E-state index in [1.807, 2.05) is 6.92 Å². The largest absolute Gasteiger partial charge is 0.462 e. The van der Waals surface area contributed by atoms with Crippen molar-refractivity contribution in [1.82, 2.24) is 5.32 Å². The summed E-state index contributed by atoms with van der Waals surface area (Å²) in [4.78, 5) is 22.9. The van der Waals surface area contributed by atoms with E-state index in [1.165, 1.54) is 13.0 Å². The van der Waals surface area contributed by atoms with Gasteiger partial charge in [-0.3, -0.25) is 9.59 Å². The number of esters is 1. The van der Waals surface area contributed by atoms with Gasteiger partial charge in [0.15, 0.2) is 6.29 Å². The number of carbonyl (C=O) groups is 2. The van der Waals surface area contributed by atoms with Crippen molar-refractivity contribution in [1.29, 1.82) is 0 Å². The molecule has 0 radical (unpaired) electrons. The third-order valence-corrected chi connectivity index (χ3v) is 4.46. The zero-order chi connectivity index (χ0) is 21.1. The number of hydrogen-bond donors (Lipinski definition) is 3.